The van der Waals surface area contributed by atoms with Crippen LogP contribution in [0.3, 0.4) is 0 Å². The number of benzene rings is 1. The van der Waals surface area contributed by atoms with E-state index in [-0.39, 0.29) is 10.8 Å². The molecule has 28 heavy (non-hydrogen) atoms. The molecule has 2 aliphatic rings. The number of carbonyl (C=O) groups is 1. The molecule has 1 aromatic heterocycles. The lowest BCUT2D eigenvalue weighted by atomic mass is 9.97. The van der Waals surface area contributed by atoms with Crippen LogP contribution in [0.5, 0.6) is 0 Å². The Kier molecular flexibility index (Phi) is 6.02. The van der Waals surface area contributed by atoms with Crippen LogP contribution < -0.4 is 4.90 Å². The number of hydrogen-bond donors (Lipinski definition) is 0. The predicted octanol–water partition coefficient (Wildman–Crippen LogP) is 4.40. The van der Waals surface area contributed by atoms with E-state index in [1.807, 2.05) is 6.07 Å². The van der Waals surface area contributed by atoms with Crippen LogP contribution >= 0.6 is 11.6 Å². The van der Waals surface area contributed by atoms with E-state index in [4.69, 9.17) is 11.6 Å². The molecule has 4 rings (SSSR count). The zero-order valence-corrected chi connectivity index (χ0v) is 16.9. The van der Waals surface area contributed by atoms with Crippen LogP contribution in [0, 0.1) is 5.82 Å². The highest BCUT2D eigenvalue weighted by Crippen LogP contribution is 2.24. The molecule has 0 atom stereocenters. The zero-order chi connectivity index (χ0) is 19.5. The number of carbonyl (C=O) groups excluding carboxylic acids is 1. The topological polar surface area (TPSA) is 28.5 Å². The summed E-state index contributed by atoms with van der Waals surface area (Å²) >= 11 is 5.91. The molecule has 1 fully saturated rings. The van der Waals surface area contributed by atoms with Gasteiger partial charge in [-0.15, -0.1) is 0 Å². The number of rotatable bonds is 6. The van der Waals surface area contributed by atoms with Crippen molar-refractivity contribution in [2.24, 2.45) is 0 Å². The van der Waals surface area contributed by atoms with Crippen molar-refractivity contribution in [3.05, 3.63) is 52.6 Å². The van der Waals surface area contributed by atoms with Gasteiger partial charge in [0.1, 0.15) is 5.82 Å². The largest absolute Gasteiger partial charge is 0.369 e. The first-order valence-electron chi connectivity index (χ1n) is 10.3. The number of halogens is 2. The molecule has 1 aliphatic carbocycles. The van der Waals surface area contributed by atoms with Gasteiger partial charge in [0, 0.05) is 62.3 Å². The number of fused-ring (bicyclic) bond motifs is 1. The summed E-state index contributed by atoms with van der Waals surface area (Å²) in [4.78, 5) is 16.7. The molecule has 150 valence electrons. The molecule has 2 aromatic rings. The van der Waals surface area contributed by atoms with Crippen LogP contribution in [-0.2, 0) is 13.0 Å². The van der Waals surface area contributed by atoms with E-state index >= 15 is 0 Å². The molecular formula is C22H27ClFN3O. The van der Waals surface area contributed by atoms with Crippen molar-refractivity contribution in [3.63, 3.8) is 0 Å². The molecule has 1 aliphatic heterocycles. The van der Waals surface area contributed by atoms with Crippen molar-refractivity contribution < 1.29 is 9.18 Å². The van der Waals surface area contributed by atoms with Crippen LogP contribution in [0.15, 0.2) is 30.5 Å². The van der Waals surface area contributed by atoms with E-state index in [1.165, 1.54) is 11.8 Å². The van der Waals surface area contributed by atoms with Gasteiger partial charge in [-0.25, -0.2) is 4.39 Å². The van der Waals surface area contributed by atoms with Crippen LogP contribution in [0.25, 0.3) is 0 Å². The monoisotopic (exact) mass is 403 g/mol. The third kappa shape index (κ3) is 4.26. The normalized spacial score (nSPS) is 17.8. The fraction of sp³-hybridized carbons (Fsp3) is 0.500. The maximum Gasteiger partial charge on any atom is 0.164 e. The van der Waals surface area contributed by atoms with Crippen LogP contribution in [0.1, 0.15) is 41.7 Å². The smallest absolute Gasteiger partial charge is 0.164 e. The standard InChI is InChI=1S/C22H27ClFN3O/c23-19-16-17(6-7-20(19)24)26-14-12-25(13-15-26)9-1-2-10-27-11-8-18-21(27)4-3-5-22(18)28/h6-8,11,16H,1-5,9-10,12-15H2. The Bertz CT molecular complexity index is 842. The molecule has 0 unspecified atom stereocenters. The second kappa shape index (κ2) is 8.66. The Balaban J connectivity index is 1.20. The van der Waals surface area contributed by atoms with Crippen LogP contribution in [0.2, 0.25) is 5.02 Å². The van der Waals surface area contributed by atoms with Gasteiger partial charge in [0.15, 0.2) is 5.78 Å². The first kappa shape index (κ1) is 19.5. The van der Waals surface area contributed by atoms with Gasteiger partial charge in [-0.2, -0.15) is 0 Å². The Morgan fingerprint density at radius 2 is 1.79 bits per heavy atom. The minimum absolute atomic E-state index is 0.189. The van der Waals surface area contributed by atoms with Crippen molar-refractivity contribution in [3.8, 4) is 0 Å². The van der Waals surface area contributed by atoms with Gasteiger partial charge < -0.3 is 9.47 Å². The van der Waals surface area contributed by atoms with Gasteiger partial charge in [0.25, 0.3) is 0 Å². The van der Waals surface area contributed by atoms with Crippen molar-refractivity contribution in [1.82, 2.24) is 9.47 Å². The lowest BCUT2D eigenvalue weighted by molar-refractivity contribution is 0.0971. The van der Waals surface area contributed by atoms with E-state index in [0.717, 1.165) is 76.2 Å². The van der Waals surface area contributed by atoms with E-state index in [0.29, 0.717) is 12.2 Å². The summed E-state index contributed by atoms with van der Waals surface area (Å²) in [5.41, 5.74) is 3.18. The van der Waals surface area contributed by atoms with E-state index in [9.17, 15) is 9.18 Å². The van der Waals surface area contributed by atoms with Crippen molar-refractivity contribution >= 4 is 23.1 Å². The van der Waals surface area contributed by atoms with Crippen molar-refractivity contribution in [2.75, 3.05) is 37.6 Å². The zero-order valence-electron chi connectivity index (χ0n) is 16.2. The molecule has 1 saturated heterocycles. The number of Topliss-reactive ketones (excluding diaryl/α,β-unsaturated/α-hetero) is 1. The summed E-state index contributed by atoms with van der Waals surface area (Å²) < 4.78 is 15.6. The summed E-state index contributed by atoms with van der Waals surface area (Å²) in [7, 11) is 0. The van der Waals surface area contributed by atoms with Crippen molar-refractivity contribution in [1.29, 1.82) is 0 Å². The minimum atomic E-state index is -0.364. The molecule has 4 nitrogen and oxygen atoms in total. The first-order valence-corrected chi connectivity index (χ1v) is 10.6. The van der Waals surface area contributed by atoms with Gasteiger partial charge >= 0.3 is 0 Å². The molecule has 0 amide bonds. The molecule has 6 heteroatoms. The minimum Gasteiger partial charge on any atom is -0.369 e. The first-order chi connectivity index (χ1) is 13.6. The lowest BCUT2D eigenvalue weighted by Crippen LogP contribution is -2.46. The fourth-order valence-corrected chi connectivity index (χ4v) is 4.50. The third-order valence-corrected chi connectivity index (χ3v) is 6.25. The number of aryl methyl sites for hydroxylation is 1. The Morgan fingerprint density at radius 1 is 1.00 bits per heavy atom. The summed E-state index contributed by atoms with van der Waals surface area (Å²) in [6, 6.07) is 6.96. The highest BCUT2D eigenvalue weighted by Gasteiger charge is 2.20. The average molecular weight is 404 g/mol. The SMILES string of the molecule is O=C1CCCc2c1ccn2CCCCN1CCN(c2ccc(F)c(Cl)c2)CC1. The highest BCUT2D eigenvalue weighted by atomic mass is 35.5. The number of hydrogen-bond acceptors (Lipinski definition) is 3. The molecule has 0 bridgehead atoms. The van der Waals surface area contributed by atoms with E-state index < -0.39 is 0 Å². The van der Waals surface area contributed by atoms with Gasteiger partial charge in [-0.05, 0) is 56.5 Å². The molecule has 0 radical (unpaired) electrons. The number of ketones is 1. The van der Waals surface area contributed by atoms with Gasteiger partial charge in [0.2, 0.25) is 0 Å². The molecule has 0 N–H and O–H groups in total. The summed E-state index contributed by atoms with van der Waals surface area (Å²) in [6.07, 6.45) is 7.09. The highest BCUT2D eigenvalue weighted by molar-refractivity contribution is 6.31. The third-order valence-electron chi connectivity index (χ3n) is 5.96. The number of unbranched alkanes of at least 4 members (excludes halogenated alkanes) is 1. The number of aromatic nitrogens is 1. The van der Waals surface area contributed by atoms with Gasteiger partial charge in [0.05, 0.1) is 5.02 Å². The quantitative estimate of drug-likeness (QED) is 0.669. The lowest BCUT2D eigenvalue weighted by Gasteiger charge is -2.36. The van der Waals surface area contributed by atoms with E-state index in [1.54, 1.807) is 12.1 Å². The maximum atomic E-state index is 13.3. The molecule has 0 saturated carbocycles. The molecule has 2 heterocycles. The van der Waals surface area contributed by atoms with Gasteiger partial charge in [-0.3, -0.25) is 9.69 Å². The van der Waals surface area contributed by atoms with E-state index in [2.05, 4.69) is 20.6 Å². The van der Waals surface area contributed by atoms with Gasteiger partial charge in [-0.1, -0.05) is 11.6 Å². The Labute approximate surface area is 170 Å². The number of anilines is 1. The Hall–Kier alpha value is -1.85. The molecule has 0 spiro atoms. The number of piperazine rings is 1. The molecular weight excluding hydrogens is 377 g/mol. The molecule has 1 aromatic carbocycles. The summed E-state index contributed by atoms with van der Waals surface area (Å²) in [6.45, 7) is 6.01. The second-order valence-electron chi connectivity index (χ2n) is 7.78. The van der Waals surface area contributed by atoms with Crippen LogP contribution in [-0.4, -0.2) is 48.0 Å². The second-order valence-corrected chi connectivity index (χ2v) is 8.19. The predicted molar refractivity (Wildman–Crippen MR) is 111 cm³/mol. The summed E-state index contributed by atoms with van der Waals surface area (Å²) in [5, 5.41) is 0.189. The number of nitrogens with zero attached hydrogens (tertiary/aromatic N) is 3. The summed E-state index contributed by atoms with van der Waals surface area (Å²) in [5.74, 6) is -0.0577. The van der Waals surface area contributed by atoms with Crippen LogP contribution in [0.4, 0.5) is 10.1 Å². The Morgan fingerprint density at radius 3 is 2.57 bits per heavy atom. The fourth-order valence-electron chi connectivity index (χ4n) is 4.33. The maximum absolute atomic E-state index is 13.3. The van der Waals surface area contributed by atoms with Crippen molar-refractivity contribution in [2.45, 2.75) is 38.6 Å². The average Bonchev–Trinajstić information content (AvgIpc) is 3.12.